The summed E-state index contributed by atoms with van der Waals surface area (Å²) in [6.45, 7) is 1.57. The third-order valence-electron chi connectivity index (χ3n) is 6.33. The number of aromatic nitrogens is 6. The summed E-state index contributed by atoms with van der Waals surface area (Å²) < 4.78 is 24.6. The molecule has 0 radical (unpaired) electrons. The summed E-state index contributed by atoms with van der Waals surface area (Å²) in [4.78, 5) is 18.1. The largest absolute Gasteiger partial charge is 0.340 e. The maximum atomic E-state index is 11.3. The van der Waals surface area contributed by atoms with Crippen LogP contribution >= 0.6 is 11.3 Å². The van der Waals surface area contributed by atoms with Crippen molar-refractivity contribution in [1.82, 2.24) is 35.0 Å². The van der Waals surface area contributed by atoms with E-state index in [-0.39, 0.29) is 5.75 Å². The first-order chi connectivity index (χ1) is 19.4. The summed E-state index contributed by atoms with van der Waals surface area (Å²) in [7, 11) is -3.00. The van der Waals surface area contributed by atoms with E-state index in [2.05, 4.69) is 59.9 Å². The van der Waals surface area contributed by atoms with E-state index in [0.29, 0.717) is 25.5 Å². The summed E-state index contributed by atoms with van der Waals surface area (Å²) in [5, 5.41) is 15.7. The zero-order valence-electron chi connectivity index (χ0n) is 21.7. The number of nitrogens with one attached hydrogen (secondary N) is 2. The van der Waals surface area contributed by atoms with Gasteiger partial charge in [0.2, 0.25) is 0 Å². The van der Waals surface area contributed by atoms with Gasteiger partial charge in [0.1, 0.15) is 27.0 Å². The molecular weight excluding hydrogens is 544 g/mol. The molecule has 0 saturated carbocycles. The van der Waals surface area contributed by atoms with Gasteiger partial charge in [-0.05, 0) is 29.8 Å². The van der Waals surface area contributed by atoms with Crippen LogP contribution in [0.3, 0.4) is 0 Å². The topological polar surface area (TPSA) is 128 Å². The van der Waals surface area contributed by atoms with Crippen LogP contribution in [0.4, 0.5) is 11.5 Å². The Morgan fingerprint density at radius 3 is 2.73 bits per heavy atom. The second-order valence-corrected chi connectivity index (χ2v) is 12.6. The number of pyridine rings is 1. The minimum absolute atomic E-state index is 0.0922. The number of benzene rings is 2. The highest BCUT2D eigenvalue weighted by Crippen LogP contribution is 2.29. The van der Waals surface area contributed by atoms with Gasteiger partial charge in [-0.3, -0.25) is 9.67 Å². The lowest BCUT2D eigenvalue weighted by Gasteiger charge is -2.10. The van der Waals surface area contributed by atoms with Crippen LogP contribution in [0.25, 0.3) is 32.5 Å². The number of sulfone groups is 1. The smallest absolute Gasteiger partial charge is 0.148 e. The Balaban J connectivity index is 1.21. The van der Waals surface area contributed by atoms with Gasteiger partial charge in [0.15, 0.2) is 0 Å². The molecule has 0 aliphatic carbocycles. The lowest BCUT2D eigenvalue weighted by Crippen LogP contribution is -2.22. The van der Waals surface area contributed by atoms with Crippen LogP contribution in [0.2, 0.25) is 0 Å². The Kier molecular flexibility index (Phi) is 7.20. The van der Waals surface area contributed by atoms with Gasteiger partial charge in [-0.15, -0.1) is 11.3 Å². The molecule has 2 aromatic carbocycles. The normalized spacial score (nSPS) is 11.8. The number of thiazole rings is 1. The van der Waals surface area contributed by atoms with Crippen molar-refractivity contribution in [3.05, 3.63) is 90.0 Å². The average molecular weight is 571 g/mol. The van der Waals surface area contributed by atoms with Crippen LogP contribution in [-0.2, 0) is 22.9 Å². The lowest BCUT2D eigenvalue weighted by atomic mass is 10.2. The van der Waals surface area contributed by atoms with Crippen LogP contribution in [0.1, 0.15) is 11.3 Å². The van der Waals surface area contributed by atoms with Crippen molar-refractivity contribution in [1.29, 1.82) is 0 Å². The summed E-state index contributed by atoms with van der Waals surface area (Å²) in [5.74, 6) is 0.763. The Bertz CT molecular complexity index is 1900. The summed E-state index contributed by atoms with van der Waals surface area (Å²) in [6.07, 6.45) is 6.35. The fourth-order valence-electron chi connectivity index (χ4n) is 4.34. The molecule has 0 saturated heterocycles. The van der Waals surface area contributed by atoms with Crippen molar-refractivity contribution in [2.75, 3.05) is 23.9 Å². The van der Waals surface area contributed by atoms with Crippen LogP contribution < -0.4 is 10.6 Å². The first-order valence-electron chi connectivity index (χ1n) is 12.6. The molecule has 6 rings (SSSR count). The highest BCUT2D eigenvalue weighted by atomic mass is 32.2. The van der Waals surface area contributed by atoms with Crippen molar-refractivity contribution >= 4 is 54.5 Å². The molecular formula is C28H26N8O2S2. The first-order valence-corrected chi connectivity index (χ1v) is 15.6. The van der Waals surface area contributed by atoms with E-state index in [1.807, 2.05) is 46.6 Å². The Morgan fingerprint density at radius 2 is 1.88 bits per heavy atom. The van der Waals surface area contributed by atoms with E-state index in [1.165, 1.54) is 29.5 Å². The predicted molar refractivity (Wildman–Crippen MR) is 158 cm³/mol. The van der Waals surface area contributed by atoms with Gasteiger partial charge in [-0.2, -0.15) is 5.10 Å². The second-order valence-electron chi connectivity index (χ2n) is 9.45. The molecule has 0 spiro atoms. The number of anilines is 2. The summed E-state index contributed by atoms with van der Waals surface area (Å²) in [6, 6.07) is 18.3. The van der Waals surface area contributed by atoms with E-state index < -0.39 is 9.84 Å². The van der Waals surface area contributed by atoms with E-state index in [1.54, 1.807) is 6.20 Å². The molecule has 4 heterocycles. The van der Waals surface area contributed by atoms with Crippen molar-refractivity contribution in [3.63, 3.8) is 0 Å². The molecule has 0 fully saturated rings. The van der Waals surface area contributed by atoms with Crippen molar-refractivity contribution in [3.8, 4) is 10.7 Å². The zero-order chi connectivity index (χ0) is 27.5. The Morgan fingerprint density at radius 1 is 1.00 bits per heavy atom. The zero-order valence-corrected chi connectivity index (χ0v) is 23.3. The molecule has 4 aromatic heterocycles. The van der Waals surface area contributed by atoms with Gasteiger partial charge in [-0.1, -0.05) is 30.3 Å². The number of hydrogen-bond acceptors (Lipinski definition) is 10. The van der Waals surface area contributed by atoms with E-state index in [9.17, 15) is 8.42 Å². The van der Waals surface area contributed by atoms with Gasteiger partial charge in [-0.25, -0.2) is 23.4 Å². The highest BCUT2D eigenvalue weighted by molar-refractivity contribution is 7.90. The van der Waals surface area contributed by atoms with Crippen LogP contribution in [0.15, 0.2) is 78.7 Å². The molecule has 0 amide bonds. The molecule has 2 N–H and O–H groups in total. The highest BCUT2D eigenvalue weighted by Gasteiger charge is 2.12. The van der Waals surface area contributed by atoms with Crippen molar-refractivity contribution in [2.45, 2.75) is 13.1 Å². The third-order valence-corrected chi connectivity index (χ3v) is 8.19. The molecule has 0 bridgehead atoms. The molecule has 202 valence electrons. The van der Waals surface area contributed by atoms with Crippen LogP contribution in [0.5, 0.6) is 0 Å². The van der Waals surface area contributed by atoms with Crippen LogP contribution in [0, 0.1) is 0 Å². The third kappa shape index (κ3) is 5.98. The van der Waals surface area contributed by atoms with Gasteiger partial charge in [0.05, 0.1) is 47.1 Å². The number of nitrogens with zero attached hydrogens (tertiary/aromatic N) is 6. The van der Waals surface area contributed by atoms with Gasteiger partial charge in [0.25, 0.3) is 0 Å². The van der Waals surface area contributed by atoms with Crippen molar-refractivity contribution < 1.29 is 8.42 Å². The fourth-order valence-corrected chi connectivity index (χ4v) is 5.64. The summed E-state index contributed by atoms with van der Waals surface area (Å²) >= 11 is 1.49. The van der Waals surface area contributed by atoms with E-state index in [0.717, 1.165) is 43.9 Å². The molecule has 0 aliphatic rings. The maximum absolute atomic E-state index is 11.3. The minimum Gasteiger partial charge on any atom is -0.340 e. The molecule has 40 heavy (non-hydrogen) atoms. The molecule has 0 atom stereocenters. The second kappa shape index (κ2) is 11.1. The van der Waals surface area contributed by atoms with Gasteiger partial charge in [0, 0.05) is 41.2 Å². The van der Waals surface area contributed by atoms with Crippen LogP contribution in [-0.4, -0.2) is 56.7 Å². The molecule has 0 unspecified atom stereocenters. The Labute approximate surface area is 235 Å². The monoisotopic (exact) mass is 570 g/mol. The predicted octanol–water partition coefficient (Wildman–Crippen LogP) is 4.42. The fraction of sp³-hybridized carbons (Fsp3) is 0.179. The molecule has 12 heteroatoms. The number of fused-ring (bicyclic) bond motifs is 2. The molecule has 0 aliphatic heterocycles. The lowest BCUT2D eigenvalue weighted by molar-refractivity contribution is 0.596. The summed E-state index contributed by atoms with van der Waals surface area (Å²) in [5.41, 5.74) is 5.41. The minimum atomic E-state index is -3.00. The molecule has 6 aromatic rings. The number of rotatable bonds is 10. The molecule has 10 nitrogen and oxygen atoms in total. The maximum Gasteiger partial charge on any atom is 0.148 e. The number of hydrogen-bond donors (Lipinski definition) is 2. The van der Waals surface area contributed by atoms with Gasteiger partial charge >= 0.3 is 0 Å². The Hall–Kier alpha value is -4.26. The standard InChI is InChI=1S/C28H26N8O2S2/c1-40(37,38)10-9-29-14-22-17-39-28(35-22)24-12-23-25(15-30-24)31-18-32-27(23)34-21-7-8-26-20(11-21)13-33-36(26)16-19-5-3-2-4-6-19/h2-8,11-13,15,17-18,29H,9-10,14,16H2,1H3,(H,31,32,34). The van der Waals surface area contributed by atoms with E-state index >= 15 is 0 Å². The van der Waals surface area contributed by atoms with Crippen molar-refractivity contribution in [2.24, 2.45) is 0 Å². The first kappa shape index (κ1) is 26.0. The van der Waals surface area contributed by atoms with E-state index in [4.69, 9.17) is 0 Å². The quantitative estimate of drug-likeness (QED) is 0.230. The van der Waals surface area contributed by atoms with Gasteiger partial charge < -0.3 is 10.6 Å². The average Bonchev–Trinajstić information content (AvgIpc) is 3.58. The SMILES string of the molecule is CS(=O)(=O)CCNCc1csc(-c2cc3c(Nc4ccc5c(cnn5Cc5ccccc5)c4)ncnc3cn2)n1.